The van der Waals surface area contributed by atoms with E-state index in [4.69, 9.17) is 22.2 Å². The predicted octanol–water partition coefficient (Wildman–Crippen LogP) is 5.03. The van der Waals surface area contributed by atoms with Gasteiger partial charge in [0.1, 0.15) is 11.8 Å². The molecule has 1 amide bonds. The summed E-state index contributed by atoms with van der Waals surface area (Å²) in [5, 5.41) is 14.7. The van der Waals surface area contributed by atoms with Crippen molar-refractivity contribution in [1.82, 2.24) is 5.32 Å². The van der Waals surface area contributed by atoms with Crippen LogP contribution >= 0.6 is 12.2 Å². The van der Waals surface area contributed by atoms with Crippen LogP contribution in [0.1, 0.15) is 54.9 Å². The lowest BCUT2D eigenvalue weighted by Gasteiger charge is -2.11. The quantitative estimate of drug-likeness (QED) is 0.460. The first-order valence-electron chi connectivity index (χ1n) is 9.48. The maximum absolute atomic E-state index is 12.3. The van der Waals surface area contributed by atoms with Crippen molar-refractivity contribution in [3.8, 4) is 11.8 Å². The molecule has 0 atom stereocenters. The number of carbonyl (C=O) groups excluding carboxylic acids is 1. The van der Waals surface area contributed by atoms with E-state index in [-0.39, 0.29) is 11.0 Å². The van der Waals surface area contributed by atoms with Gasteiger partial charge in [-0.05, 0) is 55.0 Å². The highest BCUT2D eigenvalue weighted by Crippen LogP contribution is 2.15. The summed E-state index contributed by atoms with van der Waals surface area (Å²) in [6.07, 6.45) is 5.95. The third-order valence-electron chi connectivity index (χ3n) is 4.16. The molecule has 0 aliphatic carbocycles. The molecule has 2 rings (SSSR count). The third-order valence-corrected chi connectivity index (χ3v) is 4.36. The standard InChI is InChI=1S/C22H25N3O2S/c1-2-3-4-5-8-15-27-19-13-11-17(12-14-19)21(26)25-22(28)24-20-10-7-6-9-18(20)16-23/h6-7,9-14H,2-5,8,15H2,1H3,(H2,24,25,26,28). The van der Waals surface area contributed by atoms with Crippen molar-refractivity contribution in [3.05, 3.63) is 59.7 Å². The van der Waals surface area contributed by atoms with Gasteiger partial charge in [0.15, 0.2) is 5.11 Å². The van der Waals surface area contributed by atoms with Gasteiger partial charge < -0.3 is 10.1 Å². The van der Waals surface area contributed by atoms with E-state index >= 15 is 0 Å². The molecule has 146 valence electrons. The number of nitriles is 1. The summed E-state index contributed by atoms with van der Waals surface area (Å²) in [5.41, 5.74) is 1.49. The Balaban J connectivity index is 1.80. The Morgan fingerprint density at radius 1 is 1.07 bits per heavy atom. The van der Waals surface area contributed by atoms with Crippen molar-refractivity contribution in [1.29, 1.82) is 5.26 Å². The molecule has 6 heteroatoms. The molecule has 0 bridgehead atoms. The highest BCUT2D eigenvalue weighted by molar-refractivity contribution is 7.80. The number of benzene rings is 2. The van der Waals surface area contributed by atoms with Crippen molar-refractivity contribution in [2.24, 2.45) is 0 Å². The van der Waals surface area contributed by atoms with Gasteiger partial charge in [-0.1, -0.05) is 44.7 Å². The van der Waals surface area contributed by atoms with Crippen LogP contribution in [0.5, 0.6) is 5.75 Å². The van der Waals surface area contributed by atoms with Crippen LogP contribution in [-0.2, 0) is 0 Å². The third kappa shape index (κ3) is 7.01. The normalized spacial score (nSPS) is 10.0. The van der Waals surface area contributed by atoms with Crippen LogP contribution < -0.4 is 15.4 Å². The minimum absolute atomic E-state index is 0.139. The van der Waals surface area contributed by atoms with E-state index in [1.807, 2.05) is 0 Å². The zero-order valence-electron chi connectivity index (χ0n) is 16.0. The van der Waals surface area contributed by atoms with E-state index in [9.17, 15) is 4.79 Å². The lowest BCUT2D eigenvalue weighted by atomic mass is 10.2. The Hall–Kier alpha value is -2.91. The second-order valence-electron chi connectivity index (χ2n) is 6.35. The largest absolute Gasteiger partial charge is 0.494 e. The molecule has 0 radical (unpaired) electrons. The Bertz CT molecular complexity index is 828. The molecule has 0 saturated heterocycles. The minimum atomic E-state index is -0.321. The van der Waals surface area contributed by atoms with Crippen molar-refractivity contribution < 1.29 is 9.53 Å². The molecule has 2 aromatic carbocycles. The SMILES string of the molecule is CCCCCCCOc1ccc(C(=O)NC(=S)Nc2ccccc2C#N)cc1. The van der Waals surface area contributed by atoms with E-state index in [0.717, 1.165) is 12.2 Å². The molecule has 2 aromatic rings. The number of nitrogens with one attached hydrogen (secondary N) is 2. The molecular weight excluding hydrogens is 370 g/mol. The summed E-state index contributed by atoms with van der Waals surface area (Å²) in [4.78, 5) is 12.3. The van der Waals surface area contributed by atoms with Gasteiger partial charge in [0.25, 0.3) is 5.91 Å². The second kappa shape index (κ2) is 11.7. The zero-order chi connectivity index (χ0) is 20.2. The number of rotatable bonds is 9. The van der Waals surface area contributed by atoms with Crippen LogP contribution in [0, 0.1) is 11.3 Å². The Labute approximate surface area is 171 Å². The molecule has 0 saturated carbocycles. The molecule has 0 aliphatic heterocycles. The maximum atomic E-state index is 12.3. The lowest BCUT2D eigenvalue weighted by molar-refractivity contribution is 0.0977. The number of carbonyl (C=O) groups is 1. The topological polar surface area (TPSA) is 74.2 Å². The first-order chi connectivity index (χ1) is 13.6. The number of para-hydroxylation sites is 1. The average molecular weight is 396 g/mol. The fourth-order valence-electron chi connectivity index (χ4n) is 2.62. The van der Waals surface area contributed by atoms with Gasteiger partial charge in [-0.2, -0.15) is 5.26 Å². The van der Waals surface area contributed by atoms with Crippen LogP contribution in [-0.4, -0.2) is 17.6 Å². The Morgan fingerprint density at radius 2 is 1.79 bits per heavy atom. The second-order valence-corrected chi connectivity index (χ2v) is 6.76. The van der Waals surface area contributed by atoms with Gasteiger partial charge in [-0.3, -0.25) is 10.1 Å². The van der Waals surface area contributed by atoms with Crippen molar-refractivity contribution in [2.75, 3.05) is 11.9 Å². The molecule has 0 unspecified atom stereocenters. The van der Waals surface area contributed by atoms with E-state index in [0.29, 0.717) is 23.4 Å². The minimum Gasteiger partial charge on any atom is -0.494 e. The van der Waals surface area contributed by atoms with Gasteiger partial charge in [0.05, 0.1) is 17.9 Å². The molecule has 5 nitrogen and oxygen atoms in total. The van der Waals surface area contributed by atoms with E-state index in [2.05, 4.69) is 23.6 Å². The number of thiocarbonyl (C=S) groups is 1. The summed E-state index contributed by atoms with van der Waals surface area (Å²) in [7, 11) is 0. The average Bonchev–Trinajstić information content (AvgIpc) is 2.71. The monoisotopic (exact) mass is 395 g/mol. The molecule has 28 heavy (non-hydrogen) atoms. The van der Waals surface area contributed by atoms with Crippen LogP contribution in [0.2, 0.25) is 0 Å². The van der Waals surface area contributed by atoms with Gasteiger partial charge >= 0.3 is 0 Å². The highest BCUT2D eigenvalue weighted by Gasteiger charge is 2.09. The number of nitrogens with zero attached hydrogens (tertiary/aromatic N) is 1. The van der Waals surface area contributed by atoms with E-state index in [1.54, 1.807) is 48.5 Å². The van der Waals surface area contributed by atoms with Crippen molar-refractivity contribution in [2.45, 2.75) is 39.0 Å². The lowest BCUT2D eigenvalue weighted by Crippen LogP contribution is -2.34. The first-order valence-corrected chi connectivity index (χ1v) is 9.89. The maximum Gasteiger partial charge on any atom is 0.257 e. The molecular formula is C22H25N3O2S. The summed E-state index contributed by atoms with van der Waals surface area (Å²) in [5.74, 6) is 0.425. The number of anilines is 1. The number of unbranched alkanes of at least 4 members (excludes halogenated alkanes) is 4. The summed E-state index contributed by atoms with van der Waals surface area (Å²) in [6, 6.07) is 16.0. The van der Waals surface area contributed by atoms with Gasteiger partial charge in [-0.25, -0.2) is 0 Å². The zero-order valence-corrected chi connectivity index (χ0v) is 16.8. The van der Waals surface area contributed by atoms with Crippen LogP contribution in [0.4, 0.5) is 5.69 Å². The fraction of sp³-hybridized carbons (Fsp3) is 0.318. The Morgan fingerprint density at radius 3 is 2.50 bits per heavy atom. The predicted molar refractivity (Wildman–Crippen MR) is 116 cm³/mol. The van der Waals surface area contributed by atoms with Gasteiger partial charge in [0, 0.05) is 5.56 Å². The smallest absolute Gasteiger partial charge is 0.257 e. The molecule has 0 heterocycles. The van der Waals surface area contributed by atoms with Crippen LogP contribution in [0.15, 0.2) is 48.5 Å². The number of hydrogen-bond donors (Lipinski definition) is 2. The number of amides is 1. The molecule has 0 aromatic heterocycles. The van der Waals surface area contributed by atoms with E-state index in [1.165, 1.54) is 25.7 Å². The fourth-order valence-corrected chi connectivity index (χ4v) is 2.82. The molecule has 0 aliphatic rings. The summed E-state index contributed by atoms with van der Waals surface area (Å²) < 4.78 is 5.71. The summed E-state index contributed by atoms with van der Waals surface area (Å²) in [6.45, 7) is 2.88. The van der Waals surface area contributed by atoms with Crippen LogP contribution in [0.25, 0.3) is 0 Å². The number of ether oxygens (including phenoxy) is 1. The van der Waals surface area contributed by atoms with Gasteiger partial charge in [-0.15, -0.1) is 0 Å². The van der Waals surface area contributed by atoms with Gasteiger partial charge in [0.2, 0.25) is 0 Å². The Kier molecular flexibility index (Phi) is 8.96. The summed E-state index contributed by atoms with van der Waals surface area (Å²) >= 11 is 5.17. The molecule has 0 fully saturated rings. The number of hydrogen-bond acceptors (Lipinski definition) is 4. The van der Waals surface area contributed by atoms with E-state index < -0.39 is 0 Å². The van der Waals surface area contributed by atoms with Crippen molar-refractivity contribution in [3.63, 3.8) is 0 Å². The molecule has 2 N–H and O–H groups in total. The highest BCUT2D eigenvalue weighted by atomic mass is 32.1. The van der Waals surface area contributed by atoms with Crippen molar-refractivity contribution >= 4 is 28.9 Å². The molecule has 0 spiro atoms. The first kappa shape index (κ1) is 21.4. The van der Waals surface area contributed by atoms with Crippen LogP contribution in [0.3, 0.4) is 0 Å².